The third kappa shape index (κ3) is 3.06. The first kappa shape index (κ1) is 13.0. The van der Waals surface area contributed by atoms with Crippen molar-refractivity contribution in [3.8, 4) is 6.07 Å². The number of likely N-dealkylation sites (tertiary alicyclic amines) is 1. The molecule has 4 nitrogen and oxygen atoms in total. The summed E-state index contributed by atoms with van der Waals surface area (Å²) >= 11 is 0. The highest BCUT2D eigenvalue weighted by Gasteiger charge is 2.25. The van der Waals surface area contributed by atoms with Gasteiger partial charge in [0.15, 0.2) is 0 Å². The Balaban J connectivity index is 2.08. The van der Waals surface area contributed by atoms with Crippen molar-refractivity contribution < 1.29 is 0 Å². The van der Waals surface area contributed by atoms with Gasteiger partial charge >= 0.3 is 0 Å². The molecule has 4 heteroatoms. The smallest absolute Gasteiger partial charge is 0.140 e. The zero-order chi connectivity index (χ0) is 13.0. The summed E-state index contributed by atoms with van der Waals surface area (Å²) in [5, 5.41) is 8.86. The van der Waals surface area contributed by atoms with Crippen molar-refractivity contribution in [2.45, 2.75) is 44.8 Å². The van der Waals surface area contributed by atoms with Gasteiger partial charge in [-0.15, -0.1) is 0 Å². The maximum Gasteiger partial charge on any atom is 0.140 e. The molecule has 1 aromatic heterocycles. The predicted octanol–water partition coefficient (Wildman–Crippen LogP) is 1.65. The van der Waals surface area contributed by atoms with Crippen molar-refractivity contribution in [2.75, 3.05) is 6.54 Å². The topological polar surface area (TPSA) is 65.9 Å². The number of aromatic nitrogens is 1. The van der Waals surface area contributed by atoms with Crippen LogP contribution in [0.5, 0.6) is 0 Å². The highest BCUT2D eigenvalue weighted by molar-refractivity contribution is 5.25. The van der Waals surface area contributed by atoms with E-state index in [4.69, 9.17) is 11.0 Å². The maximum atomic E-state index is 8.86. The molecule has 1 aromatic rings. The number of hydrogen-bond donors (Lipinski definition) is 1. The Morgan fingerprint density at radius 1 is 1.61 bits per heavy atom. The molecule has 1 saturated heterocycles. The fourth-order valence-electron chi connectivity index (χ4n) is 2.68. The van der Waals surface area contributed by atoms with Gasteiger partial charge in [-0.25, -0.2) is 4.98 Å². The molecule has 0 saturated carbocycles. The standard InChI is InChI=1S/C14H20N4/c1-11(16)14-4-2-3-7-18(14)10-12-5-6-17-13(8-12)9-15/h5-6,8,11,14H,2-4,7,10,16H2,1H3. The van der Waals surface area contributed by atoms with Crippen LogP contribution in [-0.4, -0.2) is 28.5 Å². The molecule has 2 atom stereocenters. The first-order valence-corrected chi connectivity index (χ1v) is 6.55. The fourth-order valence-corrected chi connectivity index (χ4v) is 2.68. The van der Waals surface area contributed by atoms with Crippen LogP contribution < -0.4 is 5.73 Å². The maximum absolute atomic E-state index is 8.86. The lowest BCUT2D eigenvalue weighted by molar-refractivity contribution is 0.123. The summed E-state index contributed by atoms with van der Waals surface area (Å²) in [6, 6.07) is 6.58. The van der Waals surface area contributed by atoms with Gasteiger partial charge < -0.3 is 5.73 Å². The average Bonchev–Trinajstić information content (AvgIpc) is 2.39. The van der Waals surface area contributed by atoms with Crippen molar-refractivity contribution in [1.82, 2.24) is 9.88 Å². The van der Waals surface area contributed by atoms with Gasteiger partial charge in [0.1, 0.15) is 11.8 Å². The molecule has 18 heavy (non-hydrogen) atoms. The van der Waals surface area contributed by atoms with E-state index in [1.165, 1.54) is 19.3 Å². The van der Waals surface area contributed by atoms with Crippen molar-refractivity contribution in [3.63, 3.8) is 0 Å². The van der Waals surface area contributed by atoms with Crippen LogP contribution in [0.2, 0.25) is 0 Å². The number of nitrogens with zero attached hydrogens (tertiary/aromatic N) is 3. The third-order valence-corrected chi connectivity index (χ3v) is 3.60. The van der Waals surface area contributed by atoms with Crippen LogP contribution in [0.15, 0.2) is 18.3 Å². The number of piperidine rings is 1. The van der Waals surface area contributed by atoms with Gasteiger partial charge in [-0.2, -0.15) is 5.26 Å². The molecular formula is C14H20N4. The van der Waals surface area contributed by atoms with E-state index < -0.39 is 0 Å². The van der Waals surface area contributed by atoms with Crippen LogP contribution >= 0.6 is 0 Å². The lowest BCUT2D eigenvalue weighted by Gasteiger charge is -2.38. The first-order valence-electron chi connectivity index (χ1n) is 6.55. The van der Waals surface area contributed by atoms with Gasteiger partial charge in [0, 0.05) is 24.8 Å². The minimum Gasteiger partial charge on any atom is -0.327 e. The van der Waals surface area contributed by atoms with Crippen LogP contribution in [0, 0.1) is 11.3 Å². The molecule has 0 amide bonds. The minimum atomic E-state index is 0.197. The van der Waals surface area contributed by atoms with E-state index in [1.807, 2.05) is 12.1 Å². The Kier molecular flexibility index (Phi) is 4.29. The van der Waals surface area contributed by atoms with Gasteiger partial charge in [0.25, 0.3) is 0 Å². The Labute approximate surface area is 108 Å². The highest BCUT2D eigenvalue weighted by atomic mass is 15.2. The monoisotopic (exact) mass is 244 g/mol. The number of rotatable bonds is 3. The average molecular weight is 244 g/mol. The third-order valence-electron chi connectivity index (χ3n) is 3.60. The second-order valence-corrected chi connectivity index (χ2v) is 5.05. The number of pyridine rings is 1. The molecule has 0 bridgehead atoms. The summed E-state index contributed by atoms with van der Waals surface area (Å²) in [6.07, 6.45) is 5.38. The quantitative estimate of drug-likeness (QED) is 0.878. The van der Waals surface area contributed by atoms with Crippen molar-refractivity contribution in [1.29, 1.82) is 5.26 Å². The number of nitriles is 1. The molecule has 96 valence electrons. The first-order chi connectivity index (χ1) is 8.70. The molecule has 0 spiro atoms. The molecule has 0 radical (unpaired) electrons. The van der Waals surface area contributed by atoms with E-state index in [-0.39, 0.29) is 6.04 Å². The summed E-state index contributed by atoms with van der Waals surface area (Å²) in [5.41, 5.74) is 7.70. The number of nitrogens with two attached hydrogens (primary N) is 1. The van der Waals surface area contributed by atoms with E-state index in [1.54, 1.807) is 6.20 Å². The highest BCUT2D eigenvalue weighted by Crippen LogP contribution is 2.21. The van der Waals surface area contributed by atoms with Crippen LogP contribution in [-0.2, 0) is 6.54 Å². The summed E-state index contributed by atoms with van der Waals surface area (Å²) < 4.78 is 0. The van der Waals surface area contributed by atoms with E-state index in [0.717, 1.165) is 18.7 Å². The minimum absolute atomic E-state index is 0.197. The normalized spacial score (nSPS) is 22.4. The summed E-state index contributed by atoms with van der Waals surface area (Å²) in [7, 11) is 0. The Hall–Kier alpha value is -1.44. The summed E-state index contributed by atoms with van der Waals surface area (Å²) in [4.78, 5) is 6.44. The van der Waals surface area contributed by atoms with Crippen LogP contribution in [0.1, 0.15) is 37.4 Å². The van der Waals surface area contributed by atoms with Gasteiger partial charge in [-0.05, 0) is 44.0 Å². The number of hydrogen-bond acceptors (Lipinski definition) is 4. The van der Waals surface area contributed by atoms with Crippen LogP contribution in [0.3, 0.4) is 0 Å². The zero-order valence-electron chi connectivity index (χ0n) is 10.8. The predicted molar refractivity (Wildman–Crippen MR) is 70.7 cm³/mol. The SMILES string of the molecule is CC(N)C1CCCCN1Cc1ccnc(C#N)c1. The summed E-state index contributed by atoms with van der Waals surface area (Å²) in [6.45, 7) is 4.04. The molecule has 2 rings (SSSR count). The summed E-state index contributed by atoms with van der Waals surface area (Å²) in [5.74, 6) is 0. The lowest BCUT2D eigenvalue weighted by atomic mass is 9.96. The van der Waals surface area contributed by atoms with Gasteiger partial charge in [0.2, 0.25) is 0 Å². The molecule has 0 aromatic carbocycles. The Morgan fingerprint density at radius 2 is 2.44 bits per heavy atom. The zero-order valence-corrected chi connectivity index (χ0v) is 10.8. The van der Waals surface area contributed by atoms with Crippen LogP contribution in [0.25, 0.3) is 0 Å². The molecule has 1 aliphatic heterocycles. The van der Waals surface area contributed by atoms with Crippen molar-refractivity contribution >= 4 is 0 Å². The second kappa shape index (κ2) is 5.94. The molecule has 1 aliphatic rings. The largest absolute Gasteiger partial charge is 0.327 e. The van der Waals surface area contributed by atoms with E-state index in [9.17, 15) is 0 Å². The Bertz CT molecular complexity index is 436. The Morgan fingerprint density at radius 3 is 3.17 bits per heavy atom. The second-order valence-electron chi connectivity index (χ2n) is 5.05. The van der Waals surface area contributed by atoms with E-state index >= 15 is 0 Å². The molecular weight excluding hydrogens is 224 g/mol. The van der Waals surface area contributed by atoms with Gasteiger partial charge in [0.05, 0.1) is 0 Å². The molecule has 2 heterocycles. The van der Waals surface area contributed by atoms with Crippen molar-refractivity contribution in [2.24, 2.45) is 5.73 Å². The lowest BCUT2D eigenvalue weighted by Crippen LogP contribution is -2.48. The van der Waals surface area contributed by atoms with E-state index in [2.05, 4.69) is 22.9 Å². The molecule has 2 N–H and O–H groups in total. The molecule has 1 fully saturated rings. The molecule has 0 aliphatic carbocycles. The van der Waals surface area contributed by atoms with Crippen LogP contribution in [0.4, 0.5) is 0 Å². The molecule has 2 unspecified atom stereocenters. The van der Waals surface area contributed by atoms with Gasteiger partial charge in [-0.3, -0.25) is 4.90 Å². The van der Waals surface area contributed by atoms with Gasteiger partial charge in [-0.1, -0.05) is 6.42 Å². The van der Waals surface area contributed by atoms with E-state index in [0.29, 0.717) is 11.7 Å². The fraction of sp³-hybridized carbons (Fsp3) is 0.571. The van der Waals surface area contributed by atoms with Crippen molar-refractivity contribution in [3.05, 3.63) is 29.6 Å².